The molecule has 28 heavy (non-hydrogen) atoms. The Morgan fingerprint density at radius 1 is 1.18 bits per heavy atom. The van der Waals surface area contributed by atoms with Gasteiger partial charge < -0.3 is 15.6 Å². The molecule has 0 radical (unpaired) electrons. The van der Waals surface area contributed by atoms with Gasteiger partial charge in [-0.2, -0.15) is 0 Å². The van der Waals surface area contributed by atoms with Gasteiger partial charge in [0.2, 0.25) is 11.8 Å². The largest absolute Gasteiger partial charge is 0.354 e. The molecule has 2 heterocycles. The van der Waals surface area contributed by atoms with Gasteiger partial charge in [0, 0.05) is 36.5 Å². The van der Waals surface area contributed by atoms with Crippen LogP contribution in [0.1, 0.15) is 36.0 Å². The molecule has 4 rings (SSSR count). The summed E-state index contributed by atoms with van der Waals surface area (Å²) in [4.78, 5) is 27.2. The normalized spacial score (nSPS) is 16.4. The third kappa shape index (κ3) is 3.65. The summed E-state index contributed by atoms with van der Waals surface area (Å²) in [6.45, 7) is 4.67. The molecular weight excluding hydrogens is 350 g/mol. The van der Waals surface area contributed by atoms with Crippen molar-refractivity contribution in [1.82, 2.24) is 15.6 Å². The molecule has 0 saturated carbocycles. The Balaban J connectivity index is 1.57. The highest BCUT2D eigenvalue weighted by Crippen LogP contribution is 2.32. The Kier molecular flexibility index (Phi) is 4.90. The molecule has 1 saturated heterocycles. The van der Waals surface area contributed by atoms with Gasteiger partial charge in [-0.1, -0.05) is 42.0 Å². The fraction of sp³-hybridized carbons (Fsp3) is 0.304. The van der Waals surface area contributed by atoms with E-state index in [9.17, 15) is 9.59 Å². The van der Waals surface area contributed by atoms with E-state index < -0.39 is 0 Å². The number of hydrogen-bond acceptors (Lipinski definition) is 2. The van der Waals surface area contributed by atoms with Crippen LogP contribution in [0.15, 0.2) is 42.5 Å². The first kappa shape index (κ1) is 18.3. The molecule has 1 fully saturated rings. The Labute approximate surface area is 164 Å². The number of carbonyl (C=O) groups is 2. The van der Waals surface area contributed by atoms with Gasteiger partial charge in [0.05, 0.1) is 5.52 Å². The number of hydrogen-bond donors (Lipinski definition) is 3. The highest BCUT2D eigenvalue weighted by atomic mass is 16.2. The van der Waals surface area contributed by atoms with Crippen LogP contribution in [0, 0.1) is 13.8 Å². The summed E-state index contributed by atoms with van der Waals surface area (Å²) < 4.78 is 0. The van der Waals surface area contributed by atoms with Crippen LogP contribution in [0.5, 0.6) is 0 Å². The van der Waals surface area contributed by atoms with Crippen molar-refractivity contribution in [3.8, 4) is 11.3 Å². The van der Waals surface area contributed by atoms with Crippen molar-refractivity contribution < 1.29 is 9.59 Å². The average Bonchev–Trinajstić information content (AvgIpc) is 3.24. The second-order valence-corrected chi connectivity index (χ2v) is 7.62. The second-order valence-electron chi connectivity index (χ2n) is 7.62. The molecule has 3 N–H and O–H groups in total. The van der Waals surface area contributed by atoms with E-state index in [2.05, 4.69) is 53.7 Å². The monoisotopic (exact) mass is 375 g/mol. The fourth-order valence-electron chi connectivity index (χ4n) is 4.01. The number of aromatic amines is 1. The lowest BCUT2D eigenvalue weighted by Crippen LogP contribution is -2.33. The van der Waals surface area contributed by atoms with Gasteiger partial charge in [0.25, 0.3) is 0 Å². The van der Waals surface area contributed by atoms with E-state index in [-0.39, 0.29) is 17.9 Å². The number of aromatic nitrogens is 1. The SMILES string of the molecule is Cc1cc(CNC(=O)CC2CCC(=O)N2)c2[nH]c(-c3ccccc3)c(C)c2c1. The number of amides is 2. The number of benzene rings is 2. The summed E-state index contributed by atoms with van der Waals surface area (Å²) in [5, 5.41) is 7.05. The molecule has 1 aliphatic rings. The molecule has 2 amide bonds. The zero-order valence-corrected chi connectivity index (χ0v) is 16.3. The van der Waals surface area contributed by atoms with E-state index in [0.717, 1.165) is 28.8 Å². The first-order valence-corrected chi connectivity index (χ1v) is 9.74. The van der Waals surface area contributed by atoms with Crippen LogP contribution in [0.25, 0.3) is 22.2 Å². The lowest BCUT2D eigenvalue weighted by molar-refractivity contribution is -0.121. The molecule has 1 aromatic heterocycles. The Morgan fingerprint density at radius 2 is 1.96 bits per heavy atom. The molecule has 1 aliphatic heterocycles. The van der Waals surface area contributed by atoms with E-state index in [1.165, 1.54) is 16.5 Å². The predicted molar refractivity (Wildman–Crippen MR) is 111 cm³/mol. The predicted octanol–water partition coefficient (Wildman–Crippen LogP) is 3.74. The van der Waals surface area contributed by atoms with Gasteiger partial charge in [-0.15, -0.1) is 0 Å². The fourth-order valence-corrected chi connectivity index (χ4v) is 4.01. The van der Waals surface area contributed by atoms with E-state index in [1.54, 1.807) is 0 Å². The van der Waals surface area contributed by atoms with Crippen molar-refractivity contribution >= 4 is 22.7 Å². The maximum atomic E-state index is 12.3. The van der Waals surface area contributed by atoms with Gasteiger partial charge in [-0.3, -0.25) is 9.59 Å². The maximum absolute atomic E-state index is 12.3. The van der Waals surface area contributed by atoms with Gasteiger partial charge in [0.15, 0.2) is 0 Å². The van der Waals surface area contributed by atoms with E-state index in [0.29, 0.717) is 19.4 Å². The van der Waals surface area contributed by atoms with Crippen LogP contribution in [-0.2, 0) is 16.1 Å². The summed E-state index contributed by atoms with van der Waals surface area (Å²) in [6.07, 6.45) is 1.58. The number of fused-ring (bicyclic) bond motifs is 1. The summed E-state index contributed by atoms with van der Waals surface area (Å²) in [5.41, 5.74) is 6.79. The van der Waals surface area contributed by atoms with Crippen molar-refractivity contribution in [3.63, 3.8) is 0 Å². The maximum Gasteiger partial charge on any atom is 0.222 e. The topological polar surface area (TPSA) is 74.0 Å². The molecule has 3 aromatic rings. The van der Waals surface area contributed by atoms with Crippen molar-refractivity contribution in [3.05, 3.63) is 59.2 Å². The summed E-state index contributed by atoms with van der Waals surface area (Å²) in [7, 11) is 0. The first-order valence-electron chi connectivity index (χ1n) is 9.74. The Morgan fingerprint density at radius 3 is 2.68 bits per heavy atom. The van der Waals surface area contributed by atoms with E-state index in [1.807, 2.05) is 18.2 Å². The first-order chi connectivity index (χ1) is 13.5. The minimum atomic E-state index is -0.0394. The number of rotatable bonds is 5. The minimum absolute atomic E-state index is 0.0339. The molecule has 2 aromatic carbocycles. The number of nitrogens with one attached hydrogen (secondary N) is 3. The van der Waals surface area contributed by atoms with Gasteiger partial charge in [0.1, 0.15) is 0 Å². The Bertz CT molecular complexity index is 1040. The third-order valence-electron chi connectivity index (χ3n) is 5.45. The van der Waals surface area contributed by atoms with Crippen molar-refractivity contribution in [2.45, 2.75) is 45.7 Å². The van der Waals surface area contributed by atoms with Crippen LogP contribution in [-0.4, -0.2) is 22.8 Å². The standard InChI is InChI=1S/C23H25N3O2/c1-14-10-17(13-24-21(28)12-18-8-9-20(27)25-18)23-19(11-14)15(2)22(26-23)16-6-4-3-5-7-16/h3-7,10-11,18,26H,8-9,12-13H2,1-2H3,(H,24,28)(H,25,27). The van der Waals surface area contributed by atoms with Crippen LogP contribution in [0.3, 0.4) is 0 Å². The highest BCUT2D eigenvalue weighted by Gasteiger charge is 2.23. The summed E-state index contributed by atoms with van der Waals surface area (Å²) in [5.74, 6) is 0.00177. The second kappa shape index (κ2) is 7.50. The van der Waals surface area contributed by atoms with Crippen LogP contribution >= 0.6 is 0 Å². The molecular formula is C23H25N3O2. The molecule has 1 unspecified atom stereocenters. The minimum Gasteiger partial charge on any atom is -0.354 e. The number of carbonyl (C=O) groups excluding carboxylic acids is 2. The Hall–Kier alpha value is -3.08. The molecule has 5 nitrogen and oxygen atoms in total. The van der Waals surface area contributed by atoms with E-state index in [4.69, 9.17) is 0 Å². The zero-order chi connectivity index (χ0) is 19.7. The molecule has 144 valence electrons. The van der Waals surface area contributed by atoms with Crippen molar-refractivity contribution in [2.24, 2.45) is 0 Å². The molecule has 0 aliphatic carbocycles. The van der Waals surface area contributed by atoms with Crippen molar-refractivity contribution in [2.75, 3.05) is 0 Å². The summed E-state index contributed by atoms with van der Waals surface area (Å²) >= 11 is 0. The molecule has 1 atom stereocenters. The molecule has 5 heteroatoms. The van der Waals surface area contributed by atoms with Crippen LogP contribution in [0.2, 0.25) is 0 Å². The number of aryl methyl sites for hydroxylation is 2. The van der Waals surface area contributed by atoms with Crippen LogP contribution in [0.4, 0.5) is 0 Å². The lowest BCUT2D eigenvalue weighted by Gasteiger charge is -2.11. The highest BCUT2D eigenvalue weighted by molar-refractivity contribution is 5.93. The van der Waals surface area contributed by atoms with Gasteiger partial charge in [-0.25, -0.2) is 0 Å². The molecule has 0 spiro atoms. The summed E-state index contributed by atoms with van der Waals surface area (Å²) in [6, 6.07) is 14.5. The number of H-pyrrole nitrogens is 1. The van der Waals surface area contributed by atoms with Crippen molar-refractivity contribution in [1.29, 1.82) is 0 Å². The van der Waals surface area contributed by atoms with Gasteiger partial charge in [-0.05, 0) is 43.0 Å². The quantitative estimate of drug-likeness (QED) is 0.636. The smallest absolute Gasteiger partial charge is 0.222 e. The third-order valence-corrected chi connectivity index (χ3v) is 5.45. The van der Waals surface area contributed by atoms with E-state index >= 15 is 0 Å². The lowest BCUT2D eigenvalue weighted by atomic mass is 10.0. The average molecular weight is 375 g/mol. The van der Waals surface area contributed by atoms with Gasteiger partial charge >= 0.3 is 0 Å². The van der Waals surface area contributed by atoms with Crippen LogP contribution < -0.4 is 10.6 Å². The zero-order valence-electron chi connectivity index (χ0n) is 16.3. The molecule has 0 bridgehead atoms.